The predicted octanol–water partition coefficient (Wildman–Crippen LogP) is 2.46. The monoisotopic (exact) mass is 505 g/mol. The highest BCUT2D eigenvalue weighted by atomic mass is 31.2. The van der Waals surface area contributed by atoms with Gasteiger partial charge in [0.1, 0.15) is 12.3 Å². The highest BCUT2D eigenvalue weighted by Crippen LogP contribution is 2.46. The second kappa shape index (κ2) is 11.2. The van der Waals surface area contributed by atoms with E-state index in [-0.39, 0.29) is 26.2 Å². The van der Waals surface area contributed by atoms with Crippen LogP contribution in [0.5, 0.6) is 0 Å². The summed E-state index contributed by atoms with van der Waals surface area (Å²) in [6.45, 7) is -0.107. The van der Waals surface area contributed by atoms with Gasteiger partial charge in [-0.15, -0.1) is 0 Å². The summed E-state index contributed by atoms with van der Waals surface area (Å²) in [6.07, 6.45) is -2.46. The summed E-state index contributed by atoms with van der Waals surface area (Å²) in [7, 11) is -3.86. The first-order valence-corrected chi connectivity index (χ1v) is 12.4. The van der Waals surface area contributed by atoms with Crippen LogP contribution in [0, 0.1) is 5.82 Å². The smallest absolute Gasteiger partial charge is 0.390 e. The number of hydrogen-bond donors (Lipinski definition) is 3. The minimum absolute atomic E-state index is 0.0165. The van der Waals surface area contributed by atoms with Gasteiger partial charge in [-0.05, 0) is 11.1 Å². The van der Waals surface area contributed by atoms with Crippen LogP contribution in [-0.4, -0.2) is 33.5 Å². The lowest BCUT2D eigenvalue weighted by atomic mass is 10.2. The van der Waals surface area contributed by atoms with Gasteiger partial charge >= 0.3 is 13.4 Å². The van der Waals surface area contributed by atoms with Gasteiger partial charge in [-0.2, -0.15) is 4.39 Å². The van der Waals surface area contributed by atoms with Crippen molar-refractivity contribution in [3.05, 3.63) is 105 Å². The number of hydrogen-bond acceptors (Lipinski definition) is 7. The summed E-state index contributed by atoms with van der Waals surface area (Å²) in [5, 5.41) is 13.2. The molecule has 12 heteroatoms. The molecule has 186 valence electrons. The van der Waals surface area contributed by atoms with E-state index < -0.39 is 43.2 Å². The van der Waals surface area contributed by atoms with Gasteiger partial charge in [-0.25, -0.2) is 14.4 Å². The van der Waals surface area contributed by atoms with Crippen LogP contribution in [0.3, 0.4) is 0 Å². The van der Waals surface area contributed by atoms with Crippen molar-refractivity contribution in [1.29, 1.82) is 0 Å². The average molecular weight is 505 g/mol. The Morgan fingerprint density at radius 2 is 1.74 bits per heavy atom. The molecule has 1 fully saturated rings. The van der Waals surface area contributed by atoms with Crippen LogP contribution in [0.15, 0.2) is 76.4 Å². The third-order valence-corrected chi connectivity index (χ3v) is 6.91. The Bertz CT molecular complexity index is 1240. The van der Waals surface area contributed by atoms with E-state index in [0.717, 1.165) is 21.9 Å². The summed E-state index contributed by atoms with van der Waals surface area (Å²) in [6, 6.07) is 18.4. The number of aliphatic hydroxyl groups is 1. The highest BCUT2D eigenvalue weighted by molar-refractivity contribution is 7.51. The number of ether oxygens (including phenoxy) is 1. The Hall–Kier alpha value is -2.92. The molecule has 2 aromatic carbocycles. The van der Waals surface area contributed by atoms with Crippen molar-refractivity contribution in [2.24, 2.45) is 0 Å². The van der Waals surface area contributed by atoms with E-state index in [4.69, 9.17) is 13.8 Å². The summed E-state index contributed by atoms with van der Waals surface area (Å²) in [5.41, 5.74) is -0.381. The van der Waals surface area contributed by atoms with Crippen LogP contribution >= 0.6 is 7.75 Å². The molecule has 10 nitrogen and oxygen atoms in total. The van der Waals surface area contributed by atoms with Gasteiger partial charge in [0.25, 0.3) is 5.56 Å². The molecule has 1 aliphatic rings. The summed E-state index contributed by atoms with van der Waals surface area (Å²) >= 11 is 0. The first-order chi connectivity index (χ1) is 16.8. The van der Waals surface area contributed by atoms with E-state index in [1.165, 1.54) is 0 Å². The lowest BCUT2D eigenvalue weighted by Crippen LogP contribution is -2.34. The van der Waals surface area contributed by atoms with Gasteiger partial charge in [0.05, 0.1) is 25.5 Å². The Kier molecular flexibility index (Phi) is 8.07. The number of aliphatic hydroxyl groups excluding tert-OH is 1. The Morgan fingerprint density at radius 3 is 2.43 bits per heavy atom. The molecule has 1 aromatic heterocycles. The lowest BCUT2D eigenvalue weighted by Gasteiger charge is -2.22. The van der Waals surface area contributed by atoms with E-state index in [1.54, 1.807) is 0 Å². The van der Waals surface area contributed by atoms with Gasteiger partial charge in [-0.1, -0.05) is 60.7 Å². The lowest BCUT2D eigenvalue weighted by molar-refractivity contribution is -0.0442. The van der Waals surface area contributed by atoms with Crippen LogP contribution in [0.2, 0.25) is 0 Å². The van der Waals surface area contributed by atoms with Crippen molar-refractivity contribution in [2.75, 3.05) is 6.61 Å². The van der Waals surface area contributed by atoms with E-state index >= 15 is 0 Å². The normalized spacial score (nSPS) is 21.6. The molecule has 0 aliphatic carbocycles. The molecule has 4 rings (SSSR count). The number of nitrogens with zero attached hydrogens (tertiary/aromatic N) is 1. The standard InChI is InChI=1S/C23H25FN3O7P/c24-18-13-27(23(30)26-22(18)29)21-11-19(28)20(34-21)15-33-35(31,25-12-16-7-3-1-4-8-16)32-14-17-9-5-2-6-10-17/h1-10,13,19-21,28H,11-12,14-15H2,(H,25,31)(H,26,29,30)/t19-,20+,21+,35?/m0/s1. The van der Waals surface area contributed by atoms with Gasteiger partial charge in [-0.3, -0.25) is 23.4 Å². The molecular formula is C23H25FN3O7P. The van der Waals surface area contributed by atoms with Crippen LogP contribution in [0.4, 0.5) is 4.39 Å². The zero-order chi connectivity index (χ0) is 24.8. The molecular weight excluding hydrogens is 480 g/mol. The van der Waals surface area contributed by atoms with Gasteiger partial charge in [0, 0.05) is 13.0 Å². The Balaban J connectivity index is 1.43. The zero-order valence-electron chi connectivity index (χ0n) is 18.6. The Labute approximate surface area is 199 Å². The van der Waals surface area contributed by atoms with Crippen molar-refractivity contribution < 1.29 is 27.8 Å². The van der Waals surface area contributed by atoms with Crippen molar-refractivity contribution in [2.45, 2.75) is 38.0 Å². The molecule has 3 N–H and O–H groups in total. The van der Waals surface area contributed by atoms with Gasteiger partial charge in [0.15, 0.2) is 0 Å². The highest BCUT2D eigenvalue weighted by Gasteiger charge is 2.38. The molecule has 0 spiro atoms. The molecule has 0 bridgehead atoms. The zero-order valence-corrected chi connectivity index (χ0v) is 19.5. The van der Waals surface area contributed by atoms with Crippen molar-refractivity contribution in [1.82, 2.24) is 14.6 Å². The van der Waals surface area contributed by atoms with Crippen molar-refractivity contribution >= 4 is 7.75 Å². The van der Waals surface area contributed by atoms with E-state index in [2.05, 4.69) is 5.09 Å². The molecule has 3 aromatic rings. The minimum atomic E-state index is -3.86. The molecule has 2 heterocycles. The number of H-pyrrole nitrogens is 1. The number of aromatic amines is 1. The number of nitrogens with one attached hydrogen (secondary N) is 2. The van der Waals surface area contributed by atoms with Crippen LogP contribution in [-0.2, 0) is 31.5 Å². The van der Waals surface area contributed by atoms with Gasteiger partial charge < -0.3 is 9.84 Å². The molecule has 1 saturated heterocycles. The number of halogens is 1. The third kappa shape index (κ3) is 6.61. The third-order valence-electron chi connectivity index (χ3n) is 5.41. The SMILES string of the molecule is O=c1[nH]c(=O)n([C@H]2C[C@H](O)[C@@H](COP(=O)(NCc3ccccc3)OCc3ccccc3)O2)cc1F. The Morgan fingerprint density at radius 1 is 1.09 bits per heavy atom. The second-order valence-corrected chi connectivity index (χ2v) is 9.78. The number of benzene rings is 2. The summed E-state index contributed by atoms with van der Waals surface area (Å²) < 4.78 is 44.9. The van der Waals surface area contributed by atoms with Gasteiger partial charge in [0.2, 0.25) is 5.82 Å². The fourth-order valence-corrected chi connectivity index (χ4v) is 4.82. The maximum Gasteiger partial charge on any atom is 0.406 e. The number of aromatic nitrogens is 2. The number of rotatable bonds is 10. The fourth-order valence-electron chi connectivity index (χ4n) is 3.53. The molecule has 35 heavy (non-hydrogen) atoms. The topological polar surface area (TPSA) is 132 Å². The minimum Gasteiger partial charge on any atom is -0.390 e. The molecule has 4 atom stereocenters. The van der Waals surface area contributed by atoms with Crippen molar-refractivity contribution in [3.63, 3.8) is 0 Å². The van der Waals surface area contributed by atoms with E-state index in [1.807, 2.05) is 65.6 Å². The fraction of sp³-hybridized carbons (Fsp3) is 0.304. The van der Waals surface area contributed by atoms with Crippen LogP contribution in [0.25, 0.3) is 0 Å². The molecule has 1 aliphatic heterocycles. The van der Waals surface area contributed by atoms with Crippen LogP contribution in [0.1, 0.15) is 23.8 Å². The largest absolute Gasteiger partial charge is 0.406 e. The maximum atomic E-state index is 13.7. The average Bonchev–Trinajstić information content (AvgIpc) is 3.24. The van der Waals surface area contributed by atoms with E-state index in [0.29, 0.717) is 0 Å². The molecule has 0 amide bonds. The molecule has 0 saturated carbocycles. The van der Waals surface area contributed by atoms with E-state index in [9.17, 15) is 23.7 Å². The summed E-state index contributed by atoms with van der Waals surface area (Å²) in [4.78, 5) is 25.1. The summed E-state index contributed by atoms with van der Waals surface area (Å²) in [5.74, 6) is -1.16. The molecule has 0 radical (unpaired) electrons. The quantitative estimate of drug-likeness (QED) is 0.358. The maximum absolute atomic E-state index is 13.7. The van der Waals surface area contributed by atoms with Crippen molar-refractivity contribution in [3.8, 4) is 0 Å². The molecule has 1 unspecified atom stereocenters. The first kappa shape index (κ1) is 25.2. The predicted molar refractivity (Wildman–Crippen MR) is 124 cm³/mol. The van der Waals surface area contributed by atoms with Crippen LogP contribution < -0.4 is 16.3 Å². The first-order valence-electron chi connectivity index (χ1n) is 10.9. The second-order valence-electron chi connectivity index (χ2n) is 7.95.